The van der Waals surface area contributed by atoms with E-state index in [-0.39, 0.29) is 27.0 Å². The third-order valence-corrected chi connectivity index (χ3v) is 3.11. The predicted octanol–water partition coefficient (Wildman–Crippen LogP) is 3.36. The molecule has 0 bridgehead atoms. The van der Waals surface area contributed by atoms with Crippen molar-refractivity contribution in [3.63, 3.8) is 0 Å². The quantitative estimate of drug-likeness (QED) is 0.606. The molecule has 0 fully saturated rings. The van der Waals surface area contributed by atoms with Crippen LogP contribution in [0.25, 0.3) is 0 Å². The van der Waals surface area contributed by atoms with Crippen LogP contribution in [0.1, 0.15) is 36.2 Å². The van der Waals surface area contributed by atoms with Crippen molar-refractivity contribution < 1.29 is 14.1 Å². The van der Waals surface area contributed by atoms with Crippen molar-refractivity contribution >= 4 is 20.6 Å². The molecule has 1 unspecified atom stereocenters. The normalized spacial score (nSPS) is 11.8. The molecule has 0 aliphatic rings. The molecular weight excluding hydrogens is 247 g/mol. The number of Topliss-reactive ketones (excluding diaryl/α,β-unsaturated/α-hetero) is 1. The van der Waals surface area contributed by atoms with Crippen LogP contribution in [0.3, 0.4) is 0 Å². The molecule has 0 heterocycles. The van der Waals surface area contributed by atoms with Gasteiger partial charge < -0.3 is 4.52 Å². The van der Waals surface area contributed by atoms with E-state index in [1.54, 1.807) is 32.6 Å². The first-order chi connectivity index (χ1) is 8.36. The molecule has 4 heteroatoms. The van der Waals surface area contributed by atoms with Gasteiger partial charge in [0.2, 0.25) is 0 Å². The Morgan fingerprint density at radius 2 is 1.78 bits per heavy atom. The highest BCUT2D eigenvalue weighted by Crippen LogP contribution is 2.27. The third kappa shape index (κ3) is 3.92. The molecular formula is C14H19O3P. The van der Waals surface area contributed by atoms with Gasteiger partial charge in [0.15, 0.2) is 5.78 Å². The lowest BCUT2D eigenvalue weighted by molar-refractivity contribution is -0.142. The summed E-state index contributed by atoms with van der Waals surface area (Å²) in [6.07, 6.45) is 0.166. The second-order valence-corrected chi connectivity index (χ2v) is 5.56. The van der Waals surface area contributed by atoms with Crippen molar-refractivity contribution in [1.29, 1.82) is 0 Å². The molecule has 0 aliphatic heterocycles. The molecule has 1 atom stereocenters. The number of aryl methyl sites for hydroxylation is 1. The second kappa shape index (κ2) is 6.10. The first kappa shape index (κ1) is 14.8. The van der Waals surface area contributed by atoms with Crippen molar-refractivity contribution in [3.8, 4) is 0 Å². The number of hydrogen-bond acceptors (Lipinski definition) is 3. The standard InChI is InChI=1S/C14H19O3P/c1-10-5-7-11(8-6-10)12(15)9-14(2,3)13(16)17-18-4/h5-8,18H,9H2,1-4H3. The molecule has 0 N–H and O–H groups in total. The fourth-order valence-electron chi connectivity index (χ4n) is 1.55. The van der Waals surface area contributed by atoms with Gasteiger partial charge in [-0.25, -0.2) is 0 Å². The minimum absolute atomic E-state index is 0.0311. The molecule has 0 spiro atoms. The monoisotopic (exact) mass is 266 g/mol. The van der Waals surface area contributed by atoms with Gasteiger partial charge in [-0.2, -0.15) is 0 Å². The smallest absolute Gasteiger partial charge is 0.314 e. The summed E-state index contributed by atoms with van der Waals surface area (Å²) >= 11 is 0. The van der Waals surface area contributed by atoms with E-state index < -0.39 is 5.41 Å². The van der Waals surface area contributed by atoms with E-state index in [1.807, 2.05) is 19.1 Å². The van der Waals surface area contributed by atoms with Gasteiger partial charge in [0.05, 0.1) is 14.2 Å². The van der Waals surface area contributed by atoms with E-state index in [0.29, 0.717) is 5.56 Å². The van der Waals surface area contributed by atoms with Gasteiger partial charge in [0.1, 0.15) is 0 Å². The molecule has 0 amide bonds. The fraction of sp³-hybridized carbons (Fsp3) is 0.429. The Labute approximate surface area is 110 Å². The highest BCUT2D eigenvalue weighted by atomic mass is 31.1. The Bertz CT molecular complexity index is 435. The fourth-order valence-corrected chi connectivity index (χ4v) is 2.01. The van der Waals surface area contributed by atoms with Crippen molar-refractivity contribution in [3.05, 3.63) is 35.4 Å². The molecule has 1 aromatic rings. The van der Waals surface area contributed by atoms with Gasteiger partial charge in [-0.3, -0.25) is 9.59 Å². The zero-order valence-corrected chi connectivity index (χ0v) is 12.2. The Kier molecular flexibility index (Phi) is 5.03. The lowest BCUT2D eigenvalue weighted by Crippen LogP contribution is -2.27. The molecule has 3 nitrogen and oxygen atoms in total. The molecule has 0 aromatic heterocycles. The molecule has 0 saturated carbocycles. The predicted molar refractivity (Wildman–Crippen MR) is 74.2 cm³/mol. The van der Waals surface area contributed by atoms with E-state index in [0.717, 1.165) is 5.56 Å². The molecule has 0 aliphatic carbocycles. The zero-order valence-electron chi connectivity index (χ0n) is 11.2. The molecule has 1 aromatic carbocycles. The van der Waals surface area contributed by atoms with Crippen LogP contribution in [0, 0.1) is 12.3 Å². The van der Waals surface area contributed by atoms with Gasteiger partial charge in [0, 0.05) is 12.0 Å². The van der Waals surface area contributed by atoms with Crippen molar-refractivity contribution in [1.82, 2.24) is 0 Å². The van der Waals surface area contributed by atoms with Crippen molar-refractivity contribution in [2.45, 2.75) is 27.2 Å². The van der Waals surface area contributed by atoms with Gasteiger partial charge in [-0.05, 0) is 27.4 Å². The second-order valence-electron chi connectivity index (χ2n) is 4.94. The van der Waals surface area contributed by atoms with Gasteiger partial charge in [-0.15, -0.1) is 0 Å². The first-order valence-electron chi connectivity index (χ1n) is 5.84. The highest BCUT2D eigenvalue weighted by molar-refractivity contribution is 7.31. The van der Waals surface area contributed by atoms with Crippen LogP contribution in [-0.4, -0.2) is 18.4 Å². The van der Waals surface area contributed by atoms with Crippen LogP contribution < -0.4 is 0 Å². The van der Waals surface area contributed by atoms with Crippen LogP contribution in [0.2, 0.25) is 0 Å². The first-order valence-corrected chi connectivity index (χ1v) is 7.25. The van der Waals surface area contributed by atoms with E-state index in [4.69, 9.17) is 4.52 Å². The average Bonchev–Trinajstić information content (AvgIpc) is 2.29. The lowest BCUT2D eigenvalue weighted by Gasteiger charge is -2.21. The Morgan fingerprint density at radius 1 is 1.22 bits per heavy atom. The maximum absolute atomic E-state index is 12.1. The van der Waals surface area contributed by atoms with E-state index in [1.165, 1.54) is 0 Å². The molecule has 98 valence electrons. The summed E-state index contributed by atoms with van der Waals surface area (Å²) in [5, 5.41) is 0. The number of hydrogen-bond donors (Lipinski definition) is 0. The summed E-state index contributed by atoms with van der Waals surface area (Å²) in [5.41, 5.74) is 0.975. The van der Waals surface area contributed by atoms with Crippen LogP contribution in [0.4, 0.5) is 0 Å². The summed E-state index contributed by atoms with van der Waals surface area (Å²) in [5.74, 6) is -0.347. The maximum atomic E-state index is 12.1. The number of rotatable bonds is 5. The Morgan fingerprint density at radius 3 is 2.28 bits per heavy atom. The SMILES string of the molecule is CPOC(=O)C(C)(C)CC(=O)c1ccc(C)cc1. The number of carbonyl (C=O) groups excluding carboxylic acids is 2. The lowest BCUT2D eigenvalue weighted by atomic mass is 9.85. The molecule has 0 saturated heterocycles. The Hall–Kier alpha value is -1.21. The summed E-state index contributed by atoms with van der Waals surface area (Å²) in [4.78, 5) is 23.8. The summed E-state index contributed by atoms with van der Waals surface area (Å²) < 4.78 is 5.00. The van der Waals surface area contributed by atoms with Gasteiger partial charge >= 0.3 is 5.97 Å². The van der Waals surface area contributed by atoms with Crippen LogP contribution >= 0.6 is 8.81 Å². The van der Waals surface area contributed by atoms with Crippen LogP contribution in [0.15, 0.2) is 24.3 Å². The summed E-state index contributed by atoms with van der Waals surface area (Å²) in [6, 6.07) is 7.37. The van der Waals surface area contributed by atoms with E-state index in [9.17, 15) is 9.59 Å². The number of ketones is 1. The molecule has 0 radical (unpaired) electrons. The molecule has 18 heavy (non-hydrogen) atoms. The summed E-state index contributed by atoms with van der Waals surface area (Å²) in [7, 11) is 0.112. The Balaban J connectivity index is 2.75. The number of benzene rings is 1. The largest absolute Gasteiger partial charge is 0.448 e. The van der Waals surface area contributed by atoms with Crippen molar-refractivity contribution in [2.75, 3.05) is 6.66 Å². The van der Waals surface area contributed by atoms with E-state index in [2.05, 4.69) is 0 Å². The number of carbonyl (C=O) groups is 2. The van der Waals surface area contributed by atoms with Crippen molar-refractivity contribution in [2.24, 2.45) is 5.41 Å². The highest BCUT2D eigenvalue weighted by Gasteiger charge is 2.32. The maximum Gasteiger partial charge on any atom is 0.314 e. The van der Waals surface area contributed by atoms with Gasteiger partial charge in [-0.1, -0.05) is 29.8 Å². The summed E-state index contributed by atoms with van der Waals surface area (Å²) in [6.45, 7) is 7.23. The minimum atomic E-state index is -0.773. The molecule has 1 rings (SSSR count). The zero-order chi connectivity index (χ0) is 13.8. The third-order valence-electron chi connectivity index (χ3n) is 2.72. The average molecular weight is 266 g/mol. The topological polar surface area (TPSA) is 43.4 Å². The van der Waals surface area contributed by atoms with Crippen LogP contribution in [-0.2, 0) is 9.32 Å². The van der Waals surface area contributed by atoms with Crippen LogP contribution in [0.5, 0.6) is 0 Å². The van der Waals surface area contributed by atoms with Gasteiger partial charge in [0.25, 0.3) is 0 Å². The minimum Gasteiger partial charge on any atom is -0.448 e. The van der Waals surface area contributed by atoms with E-state index >= 15 is 0 Å².